The Labute approximate surface area is 62.0 Å². The van der Waals surface area contributed by atoms with E-state index in [1.807, 2.05) is 0 Å². The summed E-state index contributed by atoms with van der Waals surface area (Å²) in [5.41, 5.74) is 0. The molecule has 1 aromatic rings. The number of anilines is 1. The Bertz CT molecular complexity index is 403. The van der Waals surface area contributed by atoms with Gasteiger partial charge in [0.1, 0.15) is 12.7 Å². The first-order valence-corrected chi connectivity index (χ1v) is 4.06. The largest absolute Gasteiger partial charge is 0.353 e. The SMILES string of the molecule is O=S1(=O)N=CNc2nncn21. The summed E-state index contributed by atoms with van der Waals surface area (Å²) in [5.74, 6) is 0.153. The lowest BCUT2D eigenvalue weighted by atomic mass is 11.0. The first-order valence-electron chi connectivity index (χ1n) is 2.66. The molecule has 1 aliphatic rings. The Balaban J connectivity index is 2.75. The predicted molar refractivity (Wildman–Crippen MR) is 36.5 cm³/mol. The Morgan fingerprint density at radius 2 is 2.36 bits per heavy atom. The number of fused-ring (bicyclic) bond motifs is 1. The van der Waals surface area contributed by atoms with Crippen LogP contribution in [0, 0.1) is 0 Å². The molecule has 0 unspecified atom stereocenters. The molecule has 0 aliphatic carbocycles. The topological polar surface area (TPSA) is 89.2 Å². The van der Waals surface area contributed by atoms with Crippen LogP contribution in [0.4, 0.5) is 5.95 Å². The van der Waals surface area contributed by atoms with Crippen molar-refractivity contribution in [3.63, 3.8) is 0 Å². The summed E-state index contributed by atoms with van der Waals surface area (Å²) in [4.78, 5) is 0. The number of rotatable bonds is 0. The van der Waals surface area contributed by atoms with Crippen molar-refractivity contribution in [1.29, 1.82) is 0 Å². The third-order valence-corrected chi connectivity index (χ3v) is 2.28. The highest BCUT2D eigenvalue weighted by Gasteiger charge is 2.19. The maximum Gasteiger partial charge on any atom is 0.353 e. The molecule has 0 aromatic carbocycles. The highest BCUT2D eigenvalue weighted by atomic mass is 32.2. The molecule has 0 bridgehead atoms. The van der Waals surface area contributed by atoms with E-state index < -0.39 is 10.2 Å². The lowest BCUT2D eigenvalue weighted by molar-refractivity contribution is 0.589. The maximum absolute atomic E-state index is 11.0. The molecule has 2 heterocycles. The molecule has 11 heavy (non-hydrogen) atoms. The molecule has 1 aliphatic heterocycles. The Kier molecular flexibility index (Phi) is 1.02. The van der Waals surface area contributed by atoms with E-state index in [2.05, 4.69) is 19.9 Å². The first-order chi connectivity index (χ1) is 5.20. The van der Waals surface area contributed by atoms with Crippen molar-refractivity contribution < 1.29 is 8.42 Å². The summed E-state index contributed by atoms with van der Waals surface area (Å²) in [6, 6.07) is 0. The van der Waals surface area contributed by atoms with Crippen molar-refractivity contribution in [3.05, 3.63) is 6.33 Å². The highest BCUT2D eigenvalue weighted by Crippen LogP contribution is 2.10. The minimum atomic E-state index is -3.60. The van der Waals surface area contributed by atoms with Crippen LogP contribution in [0.3, 0.4) is 0 Å². The molecule has 0 fully saturated rings. The summed E-state index contributed by atoms with van der Waals surface area (Å²) >= 11 is 0. The predicted octanol–water partition coefficient (Wildman–Crippen LogP) is -1.18. The molecule has 58 valence electrons. The van der Waals surface area contributed by atoms with E-state index in [4.69, 9.17) is 0 Å². The van der Waals surface area contributed by atoms with Crippen LogP contribution in [0.1, 0.15) is 0 Å². The van der Waals surface area contributed by atoms with Gasteiger partial charge >= 0.3 is 10.2 Å². The van der Waals surface area contributed by atoms with Gasteiger partial charge in [-0.3, -0.25) is 0 Å². The minimum Gasteiger partial charge on any atom is -0.313 e. The minimum absolute atomic E-state index is 0.153. The molecule has 0 atom stereocenters. The van der Waals surface area contributed by atoms with E-state index in [0.29, 0.717) is 0 Å². The van der Waals surface area contributed by atoms with Gasteiger partial charge in [0, 0.05) is 0 Å². The summed E-state index contributed by atoms with van der Waals surface area (Å²) < 4.78 is 26.0. The van der Waals surface area contributed by atoms with Gasteiger partial charge in [-0.1, -0.05) is 0 Å². The molecule has 1 N–H and O–H groups in total. The molecule has 0 radical (unpaired) electrons. The smallest absolute Gasteiger partial charge is 0.313 e. The fourth-order valence-electron chi connectivity index (χ4n) is 0.689. The lowest BCUT2D eigenvalue weighted by Gasteiger charge is -2.06. The summed E-state index contributed by atoms with van der Waals surface area (Å²) in [5, 5.41) is 9.39. The number of hydrogen-bond donors (Lipinski definition) is 1. The number of nitrogens with zero attached hydrogens (tertiary/aromatic N) is 4. The van der Waals surface area contributed by atoms with E-state index >= 15 is 0 Å². The van der Waals surface area contributed by atoms with Crippen LogP contribution in [0.5, 0.6) is 0 Å². The van der Waals surface area contributed by atoms with Gasteiger partial charge in [-0.15, -0.1) is 14.6 Å². The summed E-state index contributed by atoms with van der Waals surface area (Å²) in [6.07, 6.45) is 2.13. The third kappa shape index (κ3) is 0.792. The van der Waals surface area contributed by atoms with Gasteiger partial charge < -0.3 is 5.32 Å². The average molecular weight is 173 g/mol. The van der Waals surface area contributed by atoms with Crippen LogP contribution in [0.2, 0.25) is 0 Å². The van der Waals surface area contributed by atoms with E-state index in [1.54, 1.807) is 0 Å². The van der Waals surface area contributed by atoms with Crippen molar-refractivity contribution >= 4 is 22.5 Å². The van der Waals surface area contributed by atoms with Gasteiger partial charge in [0.15, 0.2) is 0 Å². The molecule has 7 nitrogen and oxygen atoms in total. The lowest BCUT2D eigenvalue weighted by Crippen LogP contribution is -2.18. The Morgan fingerprint density at radius 1 is 1.55 bits per heavy atom. The summed E-state index contributed by atoms with van der Waals surface area (Å²) in [7, 11) is -3.60. The van der Waals surface area contributed by atoms with Crippen molar-refractivity contribution in [3.8, 4) is 0 Å². The van der Waals surface area contributed by atoms with Crippen LogP contribution < -0.4 is 5.32 Å². The number of hydrogen-bond acceptors (Lipinski definition) is 5. The molecule has 2 rings (SSSR count). The van der Waals surface area contributed by atoms with Gasteiger partial charge in [-0.2, -0.15) is 12.4 Å². The molecule has 0 saturated carbocycles. The monoisotopic (exact) mass is 173 g/mol. The van der Waals surface area contributed by atoms with Gasteiger partial charge in [0.25, 0.3) is 0 Å². The van der Waals surface area contributed by atoms with Gasteiger partial charge in [0.2, 0.25) is 5.95 Å². The van der Waals surface area contributed by atoms with E-state index in [0.717, 1.165) is 16.6 Å². The molecule has 1 aromatic heterocycles. The first kappa shape index (κ1) is 6.28. The second-order valence-corrected chi connectivity index (χ2v) is 3.31. The van der Waals surface area contributed by atoms with Crippen LogP contribution in [-0.4, -0.2) is 28.9 Å². The van der Waals surface area contributed by atoms with Crippen LogP contribution in [-0.2, 0) is 10.2 Å². The van der Waals surface area contributed by atoms with Crippen LogP contribution in [0.25, 0.3) is 0 Å². The molecule has 0 amide bonds. The van der Waals surface area contributed by atoms with Crippen molar-refractivity contribution in [2.75, 3.05) is 5.32 Å². The number of nitrogens with one attached hydrogen (secondary N) is 1. The van der Waals surface area contributed by atoms with E-state index in [9.17, 15) is 8.42 Å². The molecule has 0 spiro atoms. The Morgan fingerprint density at radius 3 is 3.09 bits per heavy atom. The third-order valence-electron chi connectivity index (χ3n) is 1.15. The zero-order valence-electron chi connectivity index (χ0n) is 5.17. The van der Waals surface area contributed by atoms with Crippen molar-refractivity contribution in [2.24, 2.45) is 4.40 Å². The number of aromatic nitrogens is 3. The zero-order valence-corrected chi connectivity index (χ0v) is 5.98. The van der Waals surface area contributed by atoms with Crippen molar-refractivity contribution in [2.45, 2.75) is 0 Å². The summed E-state index contributed by atoms with van der Waals surface area (Å²) in [6.45, 7) is 0. The van der Waals surface area contributed by atoms with E-state index in [-0.39, 0.29) is 5.95 Å². The van der Waals surface area contributed by atoms with Gasteiger partial charge in [-0.25, -0.2) is 0 Å². The molecular weight excluding hydrogens is 170 g/mol. The fourth-order valence-corrected chi connectivity index (χ4v) is 1.45. The second kappa shape index (κ2) is 1.78. The fraction of sp³-hybridized carbons (Fsp3) is 0. The zero-order chi connectivity index (χ0) is 7.90. The normalized spacial score (nSPS) is 18.9. The maximum atomic E-state index is 11.0. The molecule has 0 saturated heterocycles. The van der Waals surface area contributed by atoms with E-state index in [1.165, 1.54) is 0 Å². The van der Waals surface area contributed by atoms with Crippen LogP contribution >= 0.6 is 0 Å². The van der Waals surface area contributed by atoms with Gasteiger partial charge in [0.05, 0.1) is 0 Å². The molecule has 8 heteroatoms. The standard InChI is InChI=1S/C3H3N5O2S/c9-11(10)6-1-4-3-7-5-2-8(3)11/h1-2H,(H,4,6,7). The average Bonchev–Trinajstić information content (AvgIpc) is 2.34. The molecular formula is C3H3N5O2S. The van der Waals surface area contributed by atoms with Crippen LogP contribution in [0.15, 0.2) is 10.7 Å². The van der Waals surface area contributed by atoms with Crippen molar-refractivity contribution in [1.82, 2.24) is 14.2 Å². The highest BCUT2D eigenvalue weighted by molar-refractivity contribution is 7.88. The quantitative estimate of drug-likeness (QED) is 0.533. The van der Waals surface area contributed by atoms with Gasteiger partial charge in [-0.05, 0) is 0 Å². The second-order valence-electron chi connectivity index (χ2n) is 1.81. The Hall–Kier alpha value is -1.44.